The normalized spacial score (nSPS) is 9.43. The Hall–Kier alpha value is -1.03. The summed E-state index contributed by atoms with van der Waals surface area (Å²) in [6, 6.07) is 0. The maximum atomic E-state index is 10.7. The summed E-state index contributed by atoms with van der Waals surface area (Å²) in [5.41, 5.74) is 0.281. The van der Waals surface area contributed by atoms with Crippen LogP contribution < -0.4 is 0 Å². The highest BCUT2D eigenvalue weighted by molar-refractivity contribution is 7.32. The lowest BCUT2D eigenvalue weighted by atomic mass is 10.4. The Morgan fingerprint density at radius 1 is 1.43 bits per heavy atom. The molecule has 0 rings (SSSR count). The number of esters is 1. The molecule has 80 valence electrons. The van der Waals surface area contributed by atoms with E-state index < -0.39 is 14.2 Å². The van der Waals surface area contributed by atoms with Gasteiger partial charge in [0.1, 0.15) is 13.2 Å². The van der Waals surface area contributed by atoms with Crippen molar-refractivity contribution in [2.45, 2.75) is 6.92 Å². The molecule has 0 saturated carbocycles. The summed E-state index contributed by atoms with van der Waals surface area (Å²) in [5.74, 6) is -0.535. The molecule has 0 fully saturated rings. The number of ether oxygens (including phenoxy) is 1. The first-order chi connectivity index (χ1) is 6.54. The molecule has 0 aromatic carbocycles. The third-order valence-corrected chi connectivity index (χ3v) is 1.27. The van der Waals surface area contributed by atoms with E-state index in [9.17, 15) is 9.36 Å². The van der Waals surface area contributed by atoms with Crippen LogP contribution in [0.1, 0.15) is 6.92 Å². The zero-order chi connectivity index (χ0) is 11.6. The molecule has 0 saturated heterocycles. The van der Waals surface area contributed by atoms with E-state index in [0.29, 0.717) is 0 Å². The average Bonchev–Trinajstić information content (AvgIpc) is 2.15. The highest BCUT2D eigenvalue weighted by Crippen LogP contribution is 2.13. The Balaban J connectivity index is 0. The molecule has 0 aliphatic rings. The minimum absolute atomic E-state index is 0.0483. The summed E-state index contributed by atoms with van der Waals surface area (Å²) in [5, 5.41) is 0. The number of carbonyl (C=O) groups is 1. The third-order valence-electron chi connectivity index (χ3n) is 0.867. The molecular formula is C8H14O5P+. The van der Waals surface area contributed by atoms with E-state index in [2.05, 4.69) is 29.0 Å². The summed E-state index contributed by atoms with van der Waals surface area (Å²) < 4.78 is 18.7. The second-order valence-corrected chi connectivity index (χ2v) is 2.72. The lowest BCUT2D eigenvalue weighted by molar-refractivity contribution is -0.139. The molecule has 0 bridgehead atoms. The Kier molecular flexibility index (Phi) is 11.1. The van der Waals surface area contributed by atoms with E-state index in [-0.39, 0.29) is 18.8 Å². The molecule has 0 aromatic heterocycles. The molecule has 0 heterocycles. The van der Waals surface area contributed by atoms with Crippen LogP contribution in [0.2, 0.25) is 0 Å². The minimum atomic E-state index is -2.61. The molecule has 0 spiro atoms. The van der Waals surface area contributed by atoms with Crippen molar-refractivity contribution in [3.05, 3.63) is 25.3 Å². The summed E-state index contributed by atoms with van der Waals surface area (Å²) in [6.45, 7) is 10.7. The second-order valence-electron chi connectivity index (χ2n) is 1.99. The fraction of sp³-hybridized carbons (Fsp3) is 0.375. The predicted molar refractivity (Wildman–Crippen MR) is 52.8 cm³/mol. The van der Waals surface area contributed by atoms with E-state index >= 15 is 0 Å². The van der Waals surface area contributed by atoms with Gasteiger partial charge in [0, 0.05) is 10.1 Å². The van der Waals surface area contributed by atoms with E-state index in [1.807, 2.05) is 0 Å². The predicted octanol–water partition coefficient (Wildman–Crippen LogP) is 1.57. The van der Waals surface area contributed by atoms with Crippen molar-refractivity contribution < 1.29 is 23.5 Å². The average molecular weight is 221 g/mol. The number of hydrogen-bond donors (Lipinski definition) is 1. The zero-order valence-corrected chi connectivity index (χ0v) is 8.96. The molecule has 14 heavy (non-hydrogen) atoms. The quantitative estimate of drug-likeness (QED) is 0.251. The first-order valence-electron chi connectivity index (χ1n) is 3.65. The zero-order valence-electron chi connectivity index (χ0n) is 8.06. The van der Waals surface area contributed by atoms with Crippen LogP contribution in [0.15, 0.2) is 25.3 Å². The summed E-state index contributed by atoms with van der Waals surface area (Å²) in [4.78, 5) is 18.8. The van der Waals surface area contributed by atoms with Crippen molar-refractivity contribution >= 4 is 14.2 Å². The van der Waals surface area contributed by atoms with Gasteiger partial charge in [-0.05, 0) is 6.92 Å². The van der Waals surface area contributed by atoms with Crippen molar-refractivity contribution in [3.63, 3.8) is 0 Å². The first-order valence-corrected chi connectivity index (χ1v) is 4.78. The van der Waals surface area contributed by atoms with Crippen LogP contribution in [-0.4, -0.2) is 24.1 Å². The molecule has 1 N–H and O–H groups in total. The lowest BCUT2D eigenvalue weighted by Crippen LogP contribution is -2.09. The molecule has 1 unspecified atom stereocenters. The fourth-order valence-corrected chi connectivity index (χ4v) is 0.604. The van der Waals surface area contributed by atoms with Crippen LogP contribution in [-0.2, 0) is 18.6 Å². The van der Waals surface area contributed by atoms with Crippen molar-refractivity contribution in [1.29, 1.82) is 0 Å². The van der Waals surface area contributed by atoms with E-state index in [0.717, 1.165) is 0 Å². The molecule has 5 nitrogen and oxygen atoms in total. The Labute approximate surface area is 84.0 Å². The maximum absolute atomic E-state index is 10.7. The summed E-state index contributed by atoms with van der Waals surface area (Å²) >= 11 is 0. The van der Waals surface area contributed by atoms with Crippen LogP contribution in [0.4, 0.5) is 0 Å². The summed E-state index contributed by atoms with van der Waals surface area (Å²) in [7, 11) is -2.61. The van der Waals surface area contributed by atoms with Crippen LogP contribution in [0.25, 0.3) is 0 Å². The van der Waals surface area contributed by atoms with Crippen LogP contribution >= 0.6 is 8.25 Å². The van der Waals surface area contributed by atoms with Gasteiger partial charge < -0.3 is 4.74 Å². The van der Waals surface area contributed by atoms with Crippen molar-refractivity contribution in [2.24, 2.45) is 0 Å². The van der Waals surface area contributed by atoms with Crippen molar-refractivity contribution in [1.82, 2.24) is 0 Å². The van der Waals surface area contributed by atoms with Gasteiger partial charge in [0.25, 0.3) is 0 Å². The highest BCUT2D eigenvalue weighted by Gasteiger charge is 2.11. The van der Waals surface area contributed by atoms with Gasteiger partial charge in [0.05, 0.1) is 0 Å². The van der Waals surface area contributed by atoms with Gasteiger partial charge in [0.2, 0.25) is 0 Å². The molecule has 0 aliphatic carbocycles. The number of carbonyl (C=O) groups excluding carboxylic acids is 1. The van der Waals surface area contributed by atoms with Gasteiger partial charge in [-0.25, -0.2) is 4.79 Å². The Morgan fingerprint density at radius 2 is 1.93 bits per heavy atom. The minimum Gasteiger partial charge on any atom is -0.460 e. The largest absolute Gasteiger partial charge is 0.694 e. The standard InChI is InChI=1S/C6H9O5P.C2H4/c1-5(2)6(7)10-3-4-11-12(8)9;1-2/h1,3-4H2,2H3;1-2H2/p+1. The number of hydrogen-bond acceptors (Lipinski definition) is 4. The molecule has 0 radical (unpaired) electrons. The van der Waals surface area contributed by atoms with Crippen LogP contribution in [0.3, 0.4) is 0 Å². The highest BCUT2D eigenvalue weighted by atomic mass is 31.1. The van der Waals surface area contributed by atoms with Crippen LogP contribution in [0.5, 0.6) is 0 Å². The smallest absolute Gasteiger partial charge is 0.460 e. The van der Waals surface area contributed by atoms with E-state index in [4.69, 9.17) is 4.89 Å². The molecule has 0 amide bonds. The summed E-state index contributed by atoms with van der Waals surface area (Å²) in [6.07, 6.45) is 0. The second kappa shape index (κ2) is 10.1. The SMILES string of the molecule is C=C.C=C(C)C(=O)OCCO[P+](=O)O. The third kappa shape index (κ3) is 11.0. The van der Waals surface area contributed by atoms with E-state index in [1.165, 1.54) is 6.92 Å². The first kappa shape index (κ1) is 15.4. The van der Waals surface area contributed by atoms with Gasteiger partial charge in [-0.1, -0.05) is 6.58 Å². The Bertz CT molecular complexity index is 214. The molecule has 0 aliphatic heterocycles. The topological polar surface area (TPSA) is 72.8 Å². The van der Waals surface area contributed by atoms with Gasteiger partial charge in [-0.3, -0.25) is 0 Å². The van der Waals surface area contributed by atoms with Gasteiger partial charge in [-0.15, -0.1) is 22.6 Å². The van der Waals surface area contributed by atoms with Crippen LogP contribution in [0, 0.1) is 0 Å². The van der Waals surface area contributed by atoms with Gasteiger partial charge in [-0.2, -0.15) is 0 Å². The monoisotopic (exact) mass is 221 g/mol. The fourth-order valence-electron chi connectivity index (χ4n) is 0.373. The van der Waals surface area contributed by atoms with Crippen molar-refractivity contribution in [2.75, 3.05) is 13.2 Å². The van der Waals surface area contributed by atoms with Gasteiger partial charge >= 0.3 is 14.2 Å². The van der Waals surface area contributed by atoms with Gasteiger partial charge in [0.15, 0.2) is 0 Å². The van der Waals surface area contributed by atoms with Crippen molar-refractivity contribution in [3.8, 4) is 0 Å². The molecule has 0 aromatic rings. The number of rotatable bonds is 5. The van der Waals surface area contributed by atoms with E-state index in [1.54, 1.807) is 0 Å². The lowest BCUT2D eigenvalue weighted by Gasteiger charge is -1.99. The molecule has 1 atom stereocenters. The molecular weight excluding hydrogens is 207 g/mol. The maximum Gasteiger partial charge on any atom is 0.694 e. The Morgan fingerprint density at radius 3 is 2.29 bits per heavy atom. The molecule has 6 heteroatoms.